The van der Waals surface area contributed by atoms with Gasteiger partial charge in [0.15, 0.2) is 0 Å². The van der Waals surface area contributed by atoms with Crippen LogP contribution < -0.4 is 5.32 Å². The van der Waals surface area contributed by atoms with Gasteiger partial charge in [-0.2, -0.15) is 26.3 Å². The highest BCUT2D eigenvalue weighted by Crippen LogP contribution is 2.37. The van der Waals surface area contributed by atoms with Crippen LogP contribution in [0, 0.1) is 5.92 Å². The Bertz CT molecular complexity index is 223. The van der Waals surface area contributed by atoms with Crippen molar-refractivity contribution in [2.75, 3.05) is 6.54 Å². The summed E-state index contributed by atoms with van der Waals surface area (Å²) in [7, 11) is 0. The third-order valence-electron chi connectivity index (χ3n) is 3.03. The van der Waals surface area contributed by atoms with Crippen molar-refractivity contribution in [2.45, 2.75) is 50.5 Å². The van der Waals surface area contributed by atoms with Crippen LogP contribution in [-0.4, -0.2) is 24.9 Å². The first-order valence-corrected chi connectivity index (χ1v) is 5.55. The van der Waals surface area contributed by atoms with E-state index >= 15 is 0 Å². The van der Waals surface area contributed by atoms with Crippen molar-refractivity contribution >= 4 is 0 Å². The van der Waals surface area contributed by atoms with Crippen molar-refractivity contribution in [2.24, 2.45) is 5.92 Å². The monoisotopic (exact) mass is 263 g/mol. The Morgan fingerprint density at radius 2 is 1.41 bits per heavy atom. The highest BCUT2D eigenvalue weighted by atomic mass is 19.4. The number of nitrogens with one attached hydrogen (secondary N) is 1. The van der Waals surface area contributed by atoms with Gasteiger partial charge in [-0.15, -0.1) is 0 Å². The van der Waals surface area contributed by atoms with Crippen molar-refractivity contribution in [1.82, 2.24) is 5.32 Å². The van der Waals surface area contributed by atoms with Gasteiger partial charge in [0.05, 0.1) is 12.3 Å². The van der Waals surface area contributed by atoms with Crippen molar-refractivity contribution in [3.63, 3.8) is 0 Å². The summed E-state index contributed by atoms with van der Waals surface area (Å²) in [4.78, 5) is 0. The molecule has 1 N–H and O–H groups in total. The first-order chi connectivity index (χ1) is 7.68. The maximum Gasteiger partial charge on any atom is 0.391 e. The van der Waals surface area contributed by atoms with E-state index in [1.54, 1.807) is 0 Å². The van der Waals surface area contributed by atoms with Gasteiger partial charge in [0.25, 0.3) is 0 Å². The fourth-order valence-electron chi connectivity index (χ4n) is 2.04. The van der Waals surface area contributed by atoms with Crippen LogP contribution in [0.4, 0.5) is 26.3 Å². The normalized spacial score (nSPS) is 27.2. The zero-order valence-corrected chi connectivity index (χ0v) is 9.17. The van der Waals surface area contributed by atoms with E-state index in [2.05, 4.69) is 5.32 Å². The Kier molecular flexibility index (Phi) is 4.69. The molecule has 102 valence electrons. The molecule has 0 bridgehead atoms. The molecule has 0 atom stereocenters. The average Bonchev–Trinajstić information content (AvgIpc) is 2.15. The second-order valence-electron chi connectivity index (χ2n) is 4.41. The summed E-state index contributed by atoms with van der Waals surface area (Å²) in [5, 5.41) is 2.66. The lowest BCUT2D eigenvalue weighted by atomic mass is 9.85. The van der Waals surface area contributed by atoms with Gasteiger partial charge in [0.1, 0.15) is 0 Å². The second kappa shape index (κ2) is 5.46. The molecule has 0 aromatic carbocycles. The van der Waals surface area contributed by atoms with Gasteiger partial charge in [0, 0.05) is 12.6 Å². The van der Waals surface area contributed by atoms with Crippen LogP contribution in [0.3, 0.4) is 0 Å². The third-order valence-corrected chi connectivity index (χ3v) is 3.03. The Balaban J connectivity index is 2.20. The molecular weight excluding hydrogens is 248 g/mol. The minimum Gasteiger partial charge on any atom is -0.314 e. The molecule has 1 aliphatic carbocycles. The highest BCUT2D eigenvalue weighted by molar-refractivity contribution is 4.80. The maximum atomic E-state index is 12.3. The van der Waals surface area contributed by atoms with E-state index in [1.165, 1.54) is 0 Å². The standard InChI is InChI=1S/C10H15F6N/c11-9(12,13)5-6-17-8-3-1-7(2-4-8)10(14,15)16/h7-8,17H,1-6H2. The SMILES string of the molecule is FC(F)(F)CCNC1CCC(C(F)(F)F)CC1. The van der Waals surface area contributed by atoms with Crippen molar-refractivity contribution in [3.05, 3.63) is 0 Å². The van der Waals surface area contributed by atoms with Crippen LogP contribution in [0.5, 0.6) is 0 Å². The number of rotatable bonds is 3. The Morgan fingerprint density at radius 1 is 0.882 bits per heavy atom. The lowest BCUT2D eigenvalue weighted by molar-refractivity contribution is -0.182. The Labute approximate surface area is 95.6 Å². The first kappa shape index (κ1) is 14.6. The molecule has 7 heteroatoms. The predicted octanol–water partition coefficient (Wildman–Crippen LogP) is 3.65. The smallest absolute Gasteiger partial charge is 0.314 e. The van der Waals surface area contributed by atoms with Crippen LogP contribution in [-0.2, 0) is 0 Å². The summed E-state index contributed by atoms with van der Waals surface area (Å²) >= 11 is 0. The molecule has 0 aromatic heterocycles. The topological polar surface area (TPSA) is 12.0 Å². The quantitative estimate of drug-likeness (QED) is 0.766. The molecule has 0 radical (unpaired) electrons. The van der Waals surface area contributed by atoms with Crippen LogP contribution in [0.2, 0.25) is 0 Å². The summed E-state index contributed by atoms with van der Waals surface area (Å²) in [5.74, 6) is -1.29. The van der Waals surface area contributed by atoms with Crippen LogP contribution >= 0.6 is 0 Å². The second-order valence-corrected chi connectivity index (χ2v) is 4.41. The maximum absolute atomic E-state index is 12.3. The van der Waals surface area contributed by atoms with Gasteiger partial charge in [-0.25, -0.2) is 0 Å². The summed E-state index contributed by atoms with van der Waals surface area (Å²) in [6.45, 7) is -0.217. The summed E-state index contributed by atoms with van der Waals surface area (Å²) < 4.78 is 72.4. The molecule has 0 aromatic rings. The van der Waals surface area contributed by atoms with Crippen LogP contribution in [0.25, 0.3) is 0 Å². The number of halogens is 6. The Hall–Kier alpha value is -0.460. The summed E-state index contributed by atoms with van der Waals surface area (Å²) in [6, 6.07) is -0.212. The van der Waals surface area contributed by atoms with Gasteiger partial charge in [-0.3, -0.25) is 0 Å². The Morgan fingerprint density at radius 3 is 1.82 bits per heavy atom. The lowest BCUT2D eigenvalue weighted by Gasteiger charge is -2.30. The molecule has 17 heavy (non-hydrogen) atoms. The van der Waals surface area contributed by atoms with Gasteiger partial charge in [-0.1, -0.05) is 0 Å². The molecule has 1 rings (SSSR count). The van der Waals surface area contributed by atoms with Crippen molar-refractivity contribution in [3.8, 4) is 0 Å². The molecule has 1 nitrogen and oxygen atoms in total. The van der Waals surface area contributed by atoms with E-state index in [1.807, 2.05) is 0 Å². The number of hydrogen-bond acceptors (Lipinski definition) is 1. The van der Waals surface area contributed by atoms with Gasteiger partial charge >= 0.3 is 12.4 Å². The van der Waals surface area contributed by atoms with Crippen molar-refractivity contribution < 1.29 is 26.3 Å². The lowest BCUT2D eigenvalue weighted by Crippen LogP contribution is -2.38. The molecule has 1 aliphatic rings. The number of hydrogen-bond donors (Lipinski definition) is 1. The molecular formula is C10H15F6N. The van der Waals surface area contributed by atoms with Gasteiger partial charge < -0.3 is 5.32 Å². The molecule has 1 saturated carbocycles. The number of alkyl halides is 6. The fourth-order valence-corrected chi connectivity index (χ4v) is 2.04. The minimum atomic E-state index is -4.21. The van der Waals surface area contributed by atoms with Gasteiger partial charge in [-0.05, 0) is 25.7 Å². The summed E-state index contributed by atoms with van der Waals surface area (Å²) in [5.41, 5.74) is 0. The molecule has 0 unspecified atom stereocenters. The summed E-state index contributed by atoms with van der Waals surface area (Å²) in [6.07, 6.45) is -8.72. The molecule has 0 spiro atoms. The van der Waals surface area contributed by atoms with Crippen molar-refractivity contribution in [1.29, 1.82) is 0 Å². The van der Waals surface area contributed by atoms with E-state index in [-0.39, 0.29) is 25.4 Å². The molecule has 0 aliphatic heterocycles. The van der Waals surface area contributed by atoms with Crippen LogP contribution in [0.15, 0.2) is 0 Å². The minimum absolute atomic E-state index is 0.00713. The van der Waals surface area contributed by atoms with E-state index in [0.717, 1.165) is 0 Å². The van der Waals surface area contributed by atoms with E-state index < -0.39 is 24.7 Å². The third kappa shape index (κ3) is 5.61. The van der Waals surface area contributed by atoms with E-state index in [0.29, 0.717) is 12.8 Å². The zero-order valence-electron chi connectivity index (χ0n) is 9.17. The van der Waals surface area contributed by atoms with Crippen LogP contribution in [0.1, 0.15) is 32.1 Å². The average molecular weight is 263 g/mol. The predicted molar refractivity (Wildman–Crippen MR) is 50.5 cm³/mol. The molecule has 1 fully saturated rings. The molecule has 0 amide bonds. The highest BCUT2D eigenvalue weighted by Gasteiger charge is 2.41. The molecule has 0 heterocycles. The van der Waals surface area contributed by atoms with E-state index in [4.69, 9.17) is 0 Å². The fraction of sp³-hybridized carbons (Fsp3) is 1.00. The molecule has 0 saturated heterocycles. The largest absolute Gasteiger partial charge is 0.391 e. The zero-order chi connectivity index (χ0) is 13.1. The van der Waals surface area contributed by atoms with E-state index in [9.17, 15) is 26.3 Å². The van der Waals surface area contributed by atoms with Gasteiger partial charge in [0.2, 0.25) is 0 Å². The first-order valence-electron chi connectivity index (χ1n) is 5.55.